The van der Waals surface area contributed by atoms with E-state index in [4.69, 9.17) is 5.11 Å². The highest BCUT2D eigenvalue weighted by molar-refractivity contribution is 5.94. The van der Waals surface area contributed by atoms with E-state index in [1.54, 1.807) is 12.1 Å². The zero-order valence-corrected chi connectivity index (χ0v) is 9.10. The van der Waals surface area contributed by atoms with Gasteiger partial charge in [0.1, 0.15) is 0 Å². The molecule has 0 amide bonds. The van der Waals surface area contributed by atoms with E-state index in [9.17, 15) is 9.90 Å². The fourth-order valence-corrected chi connectivity index (χ4v) is 1.89. The quantitative estimate of drug-likeness (QED) is 0.725. The summed E-state index contributed by atoms with van der Waals surface area (Å²) in [5.74, 6) is -0.928. The molecule has 1 saturated carbocycles. The lowest BCUT2D eigenvalue weighted by Gasteiger charge is -2.33. The predicted octanol–water partition coefficient (Wildman–Crippen LogP) is 1.63. The summed E-state index contributed by atoms with van der Waals surface area (Å²) >= 11 is 0. The molecule has 3 N–H and O–H groups in total. The first kappa shape index (κ1) is 11.0. The highest BCUT2D eigenvalue weighted by Crippen LogP contribution is 2.26. The first-order valence-electron chi connectivity index (χ1n) is 5.35. The Morgan fingerprint density at radius 3 is 2.69 bits per heavy atom. The molecule has 2 rings (SSSR count). The lowest BCUT2D eigenvalue weighted by Crippen LogP contribution is -2.39. The Kier molecular flexibility index (Phi) is 2.83. The minimum atomic E-state index is -0.928. The van der Waals surface area contributed by atoms with Crippen molar-refractivity contribution in [3.05, 3.63) is 29.3 Å². The van der Waals surface area contributed by atoms with Crippen LogP contribution in [-0.4, -0.2) is 28.3 Å². The second-order valence-corrected chi connectivity index (χ2v) is 4.32. The highest BCUT2D eigenvalue weighted by atomic mass is 16.4. The number of carbonyl (C=O) groups is 1. The number of aliphatic hydroxyl groups excluding tert-OH is 1. The molecule has 0 bridgehead atoms. The van der Waals surface area contributed by atoms with Gasteiger partial charge in [0.05, 0.1) is 11.7 Å². The molecule has 0 saturated heterocycles. The number of carboxylic acid groups (broad SMARTS) is 1. The van der Waals surface area contributed by atoms with Gasteiger partial charge in [0, 0.05) is 11.7 Å². The summed E-state index contributed by atoms with van der Waals surface area (Å²) in [6.45, 7) is 1.92. The molecule has 4 heteroatoms. The average molecular weight is 221 g/mol. The summed E-state index contributed by atoms with van der Waals surface area (Å²) in [4.78, 5) is 11.0. The third-order valence-corrected chi connectivity index (χ3v) is 2.88. The van der Waals surface area contributed by atoms with Gasteiger partial charge < -0.3 is 15.5 Å². The molecule has 0 heterocycles. The SMILES string of the molecule is Cc1ccc(C(=O)O)c(NC2CC(O)C2)c1. The van der Waals surface area contributed by atoms with E-state index in [0.29, 0.717) is 18.5 Å². The van der Waals surface area contributed by atoms with Crippen LogP contribution in [0.2, 0.25) is 0 Å². The molecule has 0 spiro atoms. The normalized spacial score (nSPS) is 23.6. The van der Waals surface area contributed by atoms with Gasteiger partial charge in [0.15, 0.2) is 0 Å². The van der Waals surface area contributed by atoms with Gasteiger partial charge in [-0.15, -0.1) is 0 Å². The summed E-state index contributed by atoms with van der Waals surface area (Å²) < 4.78 is 0. The number of nitrogens with one attached hydrogen (secondary N) is 1. The van der Waals surface area contributed by atoms with Crippen LogP contribution in [0.5, 0.6) is 0 Å². The molecule has 1 aliphatic rings. The Morgan fingerprint density at radius 2 is 2.12 bits per heavy atom. The van der Waals surface area contributed by atoms with E-state index in [1.807, 2.05) is 13.0 Å². The number of hydrogen-bond acceptors (Lipinski definition) is 3. The van der Waals surface area contributed by atoms with E-state index in [2.05, 4.69) is 5.32 Å². The fraction of sp³-hybridized carbons (Fsp3) is 0.417. The number of rotatable bonds is 3. The molecular formula is C12H15NO3. The van der Waals surface area contributed by atoms with Crippen molar-refractivity contribution in [1.82, 2.24) is 0 Å². The highest BCUT2D eigenvalue weighted by Gasteiger charge is 2.27. The second-order valence-electron chi connectivity index (χ2n) is 4.32. The van der Waals surface area contributed by atoms with Crippen LogP contribution in [0.15, 0.2) is 18.2 Å². The maximum absolute atomic E-state index is 11.0. The molecule has 1 fully saturated rings. The largest absolute Gasteiger partial charge is 0.478 e. The number of hydrogen-bond donors (Lipinski definition) is 3. The van der Waals surface area contributed by atoms with Crippen molar-refractivity contribution >= 4 is 11.7 Å². The number of carboxylic acids is 1. The first-order chi connectivity index (χ1) is 7.56. The Hall–Kier alpha value is -1.55. The standard InChI is InChI=1S/C12H15NO3/c1-7-2-3-10(12(15)16)11(4-7)13-8-5-9(14)6-8/h2-4,8-9,13-14H,5-6H2,1H3,(H,15,16). The summed E-state index contributed by atoms with van der Waals surface area (Å²) in [7, 11) is 0. The number of aryl methyl sites for hydroxylation is 1. The topological polar surface area (TPSA) is 69.6 Å². The Bertz CT molecular complexity index is 411. The van der Waals surface area contributed by atoms with Crippen LogP contribution in [0.3, 0.4) is 0 Å². The Labute approximate surface area is 93.9 Å². The zero-order valence-electron chi connectivity index (χ0n) is 9.10. The van der Waals surface area contributed by atoms with E-state index in [0.717, 1.165) is 5.56 Å². The Morgan fingerprint density at radius 1 is 1.44 bits per heavy atom. The van der Waals surface area contributed by atoms with Crippen LogP contribution in [0.1, 0.15) is 28.8 Å². The second kappa shape index (κ2) is 4.14. The minimum absolute atomic E-state index is 0.190. The molecule has 0 radical (unpaired) electrons. The van der Waals surface area contributed by atoms with Gasteiger partial charge in [-0.05, 0) is 37.5 Å². The van der Waals surface area contributed by atoms with Gasteiger partial charge in [0.25, 0.3) is 0 Å². The van der Waals surface area contributed by atoms with Crippen molar-refractivity contribution in [2.24, 2.45) is 0 Å². The van der Waals surface area contributed by atoms with Gasteiger partial charge in [-0.3, -0.25) is 0 Å². The molecule has 1 aliphatic carbocycles. The lowest BCUT2D eigenvalue weighted by atomic mass is 9.89. The van der Waals surface area contributed by atoms with Crippen LogP contribution in [-0.2, 0) is 0 Å². The Balaban J connectivity index is 2.17. The lowest BCUT2D eigenvalue weighted by molar-refractivity contribution is 0.0697. The number of anilines is 1. The summed E-state index contributed by atoms with van der Waals surface area (Å²) in [6.07, 6.45) is 1.13. The van der Waals surface area contributed by atoms with E-state index in [-0.39, 0.29) is 17.7 Å². The van der Waals surface area contributed by atoms with Crippen molar-refractivity contribution in [3.63, 3.8) is 0 Å². The van der Waals surface area contributed by atoms with Crippen LogP contribution in [0.25, 0.3) is 0 Å². The summed E-state index contributed by atoms with van der Waals surface area (Å²) in [5.41, 5.74) is 1.95. The molecule has 16 heavy (non-hydrogen) atoms. The first-order valence-corrected chi connectivity index (χ1v) is 5.35. The third-order valence-electron chi connectivity index (χ3n) is 2.88. The smallest absolute Gasteiger partial charge is 0.337 e. The number of benzene rings is 1. The average Bonchev–Trinajstić information content (AvgIpc) is 2.15. The van der Waals surface area contributed by atoms with Gasteiger partial charge >= 0.3 is 5.97 Å². The summed E-state index contributed by atoms with van der Waals surface area (Å²) in [6, 6.07) is 5.41. The maximum Gasteiger partial charge on any atom is 0.337 e. The van der Waals surface area contributed by atoms with Crippen molar-refractivity contribution < 1.29 is 15.0 Å². The fourth-order valence-electron chi connectivity index (χ4n) is 1.89. The van der Waals surface area contributed by atoms with E-state index in [1.165, 1.54) is 0 Å². The van der Waals surface area contributed by atoms with Crippen LogP contribution in [0.4, 0.5) is 5.69 Å². The molecular weight excluding hydrogens is 206 g/mol. The summed E-state index contributed by atoms with van der Waals surface area (Å²) in [5, 5.41) is 21.4. The predicted molar refractivity (Wildman–Crippen MR) is 60.8 cm³/mol. The van der Waals surface area contributed by atoms with Crippen molar-refractivity contribution in [2.75, 3.05) is 5.32 Å². The molecule has 1 aromatic carbocycles. The number of aliphatic hydroxyl groups is 1. The molecule has 0 atom stereocenters. The molecule has 1 aromatic rings. The van der Waals surface area contributed by atoms with Gasteiger partial charge in [-0.2, -0.15) is 0 Å². The molecule has 0 aliphatic heterocycles. The monoisotopic (exact) mass is 221 g/mol. The van der Waals surface area contributed by atoms with E-state index >= 15 is 0 Å². The van der Waals surface area contributed by atoms with Crippen LogP contribution < -0.4 is 5.32 Å². The van der Waals surface area contributed by atoms with Gasteiger partial charge in [-0.25, -0.2) is 4.79 Å². The zero-order chi connectivity index (χ0) is 11.7. The van der Waals surface area contributed by atoms with Crippen molar-refractivity contribution in [2.45, 2.75) is 31.9 Å². The van der Waals surface area contributed by atoms with Crippen molar-refractivity contribution in [3.8, 4) is 0 Å². The molecule has 4 nitrogen and oxygen atoms in total. The van der Waals surface area contributed by atoms with Crippen LogP contribution in [0, 0.1) is 6.92 Å². The van der Waals surface area contributed by atoms with Gasteiger partial charge in [0.2, 0.25) is 0 Å². The molecule has 86 valence electrons. The minimum Gasteiger partial charge on any atom is -0.478 e. The third kappa shape index (κ3) is 2.17. The number of aromatic carboxylic acids is 1. The molecule has 0 aromatic heterocycles. The molecule has 0 unspecified atom stereocenters. The van der Waals surface area contributed by atoms with Gasteiger partial charge in [-0.1, -0.05) is 6.07 Å². The van der Waals surface area contributed by atoms with E-state index < -0.39 is 5.97 Å². The van der Waals surface area contributed by atoms with Crippen LogP contribution >= 0.6 is 0 Å². The van der Waals surface area contributed by atoms with Crippen molar-refractivity contribution in [1.29, 1.82) is 0 Å². The maximum atomic E-state index is 11.0.